The smallest absolute Gasteiger partial charge is 0.221 e. The summed E-state index contributed by atoms with van der Waals surface area (Å²) in [6, 6.07) is 1.98. The molecule has 0 bridgehead atoms. The van der Waals surface area contributed by atoms with Crippen molar-refractivity contribution in [2.75, 3.05) is 20.8 Å². The normalized spacial score (nSPS) is 14.7. The van der Waals surface area contributed by atoms with Gasteiger partial charge in [0.1, 0.15) is 0 Å². The van der Waals surface area contributed by atoms with E-state index in [1.165, 1.54) is 5.56 Å². The lowest BCUT2D eigenvalue weighted by atomic mass is 10.0. The first-order valence-electron chi connectivity index (χ1n) is 4.66. The van der Waals surface area contributed by atoms with Crippen LogP contribution in [-0.2, 0) is 13.0 Å². The van der Waals surface area contributed by atoms with Crippen LogP contribution in [0.2, 0.25) is 0 Å². The van der Waals surface area contributed by atoms with E-state index in [0.29, 0.717) is 11.8 Å². The Kier molecular flexibility index (Phi) is 2.54. The Hall–Kier alpha value is -1.29. The molecule has 1 aliphatic rings. The summed E-state index contributed by atoms with van der Waals surface area (Å²) in [6.07, 6.45) is 1.00. The first-order chi connectivity index (χ1) is 6.85. The van der Waals surface area contributed by atoms with Crippen molar-refractivity contribution in [3.8, 4) is 11.8 Å². The lowest BCUT2D eigenvalue weighted by molar-refractivity contribution is 0.357. The molecule has 76 valence electrons. The van der Waals surface area contributed by atoms with Crippen LogP contribution in [0.3, 0.4) is 0 Å². The van der Waals surface area contributed by atoms with Crippen LogP contribution in [0.4, 0.5) is 0 Å². The standard InChI is InChI=1S/C10H14N2O2/c1-13-9-5-7-3-4-11-6-8(7)10(12-9)14-2/h5,11H,3-4,6H2,1-2H3. The third-order valence-corrected chi connectivity index (χ3v) is 2.43. The van der Waals surface area contributed by atoms with E-state index in [1.54, 1.807) is 14.2 Å². The van der Waals surface area contributed by atoms with Gasteiger partial charge in [-0.1, -0.05) is 0 Å². The number of methoxy groups -OCH3 is 2. The van der Waals surface area contributed by atoms with Gasteiger partial charge in [-0.3, -0.25) is 0 Å². The van der Waals surface area contributed by atoms with E-state index in [0.717, 1.165) is 25.1 Å². The molecule has 0 fully saturated rings. The van der Waals surface area contributed by atoms with Crippen LogP contribution in [-0.4, -0.2) is 25.7 Å². The van der Waals surface area contributed by atoms with Crippen LogP contribution in [0.25, 0.3) is 0 Å². The number of ether oxygens (including phenoxy) is 2. The quantitative estimate of drug-likeness (QED) is 0.754. The van der Waals surface area contributed by atoms with Crippen LogP contribution in [0.5, 0.6) is 11.8 Å². The van der Waals surface area contributed by atoms with E-state index in [-0.39, 0.29) is 0 Å². The second-order valence-electron chi connectivity index (χ2n) is 3.24. The Morgan fingerprint density at radius 1 is 1.36 bits per heavy atom. The predicted molar refractivity (Wildman–Crippen MR) is 52.8 cm³/mol. The van der Waals surface area contributed by atoms with Gasteiger partial charge in [0, 0.05) is 18.2 Å². The molecule has 4 heteroatoms. The number of aromatic nitrogens is 1. The van der Waals surface area contributed by atoms with Crippen molar-refractivity contribution < 1.29 is 9.47 Å². The molecule has 0 atom stereocenters. The highest BCUT2D eigenvalue weighted by Gasteiger charge is 2.16. The maximum absolute atomic E-state index is 5.22. The minimum absolute atomic E-state index is 0.627. The van der Waals surface area contributed by atoms with Crippen molar-refractivity contribution in [1.29, 1.82) is 0 Å². The van der Waals surface area contributed by atoms with Crippen molar-refractivity contribution in [2.45, 2.75) is 13.0 Å². The van der Waals surface area contributed by atoms with Crippen LogP contribution < -0.4 is 14.8 Å². The van der Waals surface area contributed by atoms with Gasteiger partial charge in [-0.15, -0.1) is 0 Å². The molecule has 0 saturated carbocycles. The topological polar surface area (TPSA) is 43.4 Å². The molecular weight excluding hydrogens is 180 g/mol. The summed E-state index contributed by atoms with van der Waals surface area (Å²) in [4.78, 5) is 4.24. The summed E-state index contributed by atoms with van der Waals surface area (Å²) in [5.41, 5.74) is 2.42. The van der Waals surface area contributed by atoms with Crippen LogP contribution in [0, 0.1) is 0 Å². The predicted octanol–water partition coefficient (Wildman–Crippen LogP) is 0.744. The van der Waals surface area contributed by atoms with Crippen LogP contribution >= 0.6 is 0 Å². The minimum Gasteiger partial charge on any atom is -0.481 e. The fourth-order valence-corrected chi connectivity index (χ4v) is 1.70. The molecule has 0 aliphatic carbocycles. The number of rotatable bonds is 2. The van der Waals surface area contributed by atoms with Gasteiger partial charge in [-0.05, 0) is 18.5 Å². The molecule has 0 unspecified atom stereocenters. The van der Waals surface area contributed by atoms with E-state index < -0.39 is 0 Å². The Morgan fingerprint density at radius 3 is 2.93 bits per heavy atom. The van der Waals surface area contributed by atoms with Gasteiger partial charge in [0.2, 0.25) is 11.8 Å². The second-order valence-corrected chi connectivity index (χ2v) is 3.24. The third kappa shape index (κ3) is 1.53. The lowest BCUT2D eigenvalue weighted by Crippen LogP contribution is -2.24. The average molecular weight is 194 g/mol. The summed E-state index contributed by atoms with van der Waals surface area (Å²) in [5, 5.41) is 3.29. The average Bonchev–Trinajstić information content (AvgIpc) is 2.27. The first kappa shape index (κ1) is 9.27. The summed E-state index contributed by atoms with van der Waals surface area (Å²) in [5.74, 6) is 1.30. The monoisotopic (exact) mass is 194 g/mol. The Labute approximate surface area is 83.2 Å². The van der Waals surface area contributed by atoms with Crippen LogP contribution in [0.15, 0.2) is 6.07 Å². The molecule has 2 rings (SSSR count). The molecule has 1 aromatic rings. The lowest BCUT2D eigenvalue weighted by Gasteiger charge is -2.19. The third-order valence-electron chi connectivity index (χ3n) is 2.43. The molecule has 1 N–H and O–H groups in total. The van der Waals surface area contributed by atoms with Gasteiger partial charge < -0.3 is 14.8 Å². The zero-order chi connectivity index (χ0) is 9.97. The molecule has 0 spiro atoms. The molecule has 0 aromatic carbocycles. The number of fused-ring (bicyclic) bond motifs is 1. The number of nitrogens with zero attached hydrogens (tertiary/aromatic N) is 1. The van der Waals surface area contributed by atoms with E-state index in [2.05, 4.69) is 10.3 Å². The summed E-state index contributed by atoms with van der Waals surface area (Å²) < 4.78 is 10.3. The Balaban J connectivity index is 2.47. The number of hydrogen-bond donors (Lipinski definition) is 1. The van der Waals surface area contributed by atoms with Crippen molar-refractivity contribution >= 4 is 0 Å². The second kappa shape index (κ2) is 3.84. The molecule has 14 heavy (non-hydrogen) atoms. The SMILES string of the molecule is COc1cc2c(c(OC)n1)CNCC2. The molecule has 4 nitrogen and oxygen atoms in total. The highest BCUT2D eigenvalue weighted by atomic mass is 16.5. The summed E-state index contributed by atoms with van der Waals surface area (Å²) >= 11 is 0. The van der Waals surface area contributed by atoms with Crippen molar-refractivity contribution in [1.82, 2.24) is 10.3 Å². The highest BCUT2D eigenvalue weighted by molar-refractivity contribution is 5.40. The largest absolute Gasteiger partial charge is 0.481 e. The van der Waals surface area contributed by atoms with Crippen molar-refractivity contribution in [3.63, 3.8) is 0 Å². The summed E-state index contributed by atoms with van der Waals surface area (Å²) in [6.45, 7) is 1.83. The fraction of sp³-hybridized carbons (Fsp3) is 0.500. The van der Waals surface area contributed by atoms with E-state index in [9.17, 15) is 0 Å². The van der Waals surface area contributed by atoms with Crippen molar-refractivity contribution in [3.05, 3.63) is 17.2 Å². The number of hydrogen-bond acceptors (Lipinski definition) is 4. The van der Waals surface area contributed by atoms with Gasteiger partial charge >= 0.3 is 0 Å². The van der Waals surface area contributed by atoms with Gasteiger partial charge in [-0.2, -0.15) is 4.98 Å². The van der Waals surface area contributed by atoms with Gasteiger partial charge in [0.05, 0.1) is 14.2 Å². The minimum atomic E-state index is 0.627. The maximum Gasteiger partial charge on any atom is 0.221 e. The van der Waals surface area contributed by atoms with E-state index in [1.807, 2.05) is 6.07 Å². The van der Waals surface area contributed by atoms with Gasteiger partial charge in [0.25, 0.3) is 0 Å². The number of pyridine rings is 1. The molecule has 1 aliphatic heterocycles. The molecule has 0 amide bonds. The van der Waals surface area contributed by atoms with Crippen molar-refractivity contribution in [2.24, 2.45) is 0 Å². The Morgan fingerprint density at radius 2 is 2.21 bits per heavy atom. The first-order valence-corrected chi connectivity index (χ1v) is 4.66. The zero-order valence-corrected chi connectivity index (χ0v) is 8.46. The molecule has 0 saturated heterocycles. The van der Waals surface area contributed by atoms with Gasteiger partial charge in [-0.25, -0.2) is 0 Å². The fourth-order valence-electron chi connectivity index (χ4n) is 1.70. The number of nitrogens with one attached hydrogen (secondary N) is 1. The molecule has 1 aromatic heterocycles. The van der Waals surface area contributed by atoms with E-state index in [4.69, 9.17) is 9.47 Å². The van der Waals surface area contributed by atoms with Gasteiger partial charge in [0.15, 0.2) is 0 Å². The molecule has 0 radical (unpaired) electrons. The van der Waals surface area contributed by atoms with Crippen LogP contribution in [0.1, 0.15) is 11.1 Å². The zero-order valence-electron chi connectivity index (χ0n) is 8.46. The highest BCUT2D eigenvalue weighted by Crippen LogP contribution is 2.26. The summed E-state index contributed by atoms with van der Waals surface area (Å²) in [7, 11) is 3.26. The molecule has 2 heterocycles. The maximum atomic E-state index is 5.22. The molecular formula is C10H14N2O2. The Bertz CT molecular complexity index is 322. The van der Waals surface area contributed by atoms with E-state index >= 15 is 0 Å².